The van der Waals surface area contributed by atoms with Crippen molar-refractivity contribution in [1.29, 1.82) is 0 Å². The predicted molar refractivity (Wildman–Crippen MR) is 66.2 cm³/mol. The Bertz CT molecular complexity index is 492. The number of nitrogens with zero attached hydrogens (tertiary/aromatic N) is 1. The van der Waals surface area contributed by atoms with Gasteiger partial charge in [-0.25, -0.2) is 0 Å². The number of hydrogen-bond acceptors (Lipinski definition) is 4. The normalized spacial score (nSPS) is 19.4. The molecule has 3 N–H and O–H groups in total. The highest BCUT2D eigenvalue weighted by molar-refractivity contribution is 7.10. The van der Waals surface area contributed by atoms with Gasteiger partial charge < -0.3 is 11.1 Å². The zero-order valence-corrected chi connectivity index (χ0v) is 9.63. The summed E-state index contributed by atoms with van der Waals surface area (Å²) in [5.41, 5.74) is 9.65. The van der Waals surface area contributed by atoms with Crippen molar-refractivity contribution in [3.05, 3.63) is 40.2 Å². The summed E-state index contributed by atoms with van der Waals surface area (Å²) in [6.45, 7) is 1.78. The van der Waals surface area contributed by atoms with Crippen molar-refractivity contribution in [2.75, 3.05) is 6.54 Å². The standard InChI is InChI=1S/C12H13N3S/c13-9-5-14-6-11-12(9)8(7-16-11)10-3-1-2-4-15-10/h1-4,7,9,14H,5-6,13H2. The first-order chi connectivity index (χ1) is 7.86. The van der Waals surface area contributed by atoms with Crippen LogP contribution in [0.2, 0.25) is 0 Å². The molecule has 0 amide bonds. The molecule has 4 heteroatoms. The second kappa shape index (κ2) is 3.97. The van der Waals surface area contributed by atoms with Gasteiger partial charge in [0.1, 0.15) is 0 Å². The van der Waals surface area contributed by atoms with Gasteiger partial charge in [0.15, 0.2) is 0 Å². The van der Waals surface area contributed by atoms with Crippen molar-refractivity contribution in [1.82, 2.24) is 10.3 Å². The van der Waals surface area contributed by atoms with Gasteiger partial charge in [-0.3, -0.25) is 4.98 Å². The number of pyridine rings is 1. The van der Waals surface area contributed by atoms with Crippen molar-refractivity contribution in [3.8, 4) is 11.3 Å². The molecule has 3 heterocycles. The summed E-state index contributed by atoms with van der Waals surface area (Å²) in [7, 11) is 0. The summed E-state index contributed by atoms with van der Waals surface area (Å²) < 4.78 is 0. The van der Waals surface area contributed by atoms with Crippen LogP contribution < -0.4 is 11.1 Å². The van der Waals surface area contributed by atoms with Crippen LogP contribution in [0.1, 0.15) is 16.5 Å². The number of thiophene rings is 1. The maximum absolute atomic E-state index is 6.15. The molecule has 0 fully saturated rings. The van der Waals surface area contributed by atoms with Gasteiger partial charge >= 0.3 is 0 Å². The molecular formula is C12H13N3S. The van der Waals surface area contributed by atoms with E-state index in [1.807, 2.05) is 24.4 Å². The SMILES string of the molecule is NC1CNCc2scc(-c3ccccn3)c21. The topological polar surface area (TPSA) is 50.9 Å². The molecule has 0 aromatic carbocycles. The van der Waals surface area contributed by atoms with Gasteiger partial charge in [-0.15, -0.1) is 11.3 Å². The molecule has 82 valence electrons. The Hall–Kier alpha value is -1.23. The van der Waals surface area contributed by atoms with E-state index in [1.165, 1.54) is 16.0 Å². The van der Waals surface area contributed by atoms with E-state index in [9.17, 15) is 0 Å². The molecule has 1 atom stereocenters. The quantitative estimate of drug-likeness (QED) is 0.788. The number of fused-ring (bicyclic) bond motifs is 1. The van der Waals surface area contributed by atoms with Gasteiger partial charge in [0.2, 0.25) is 0 Å². The lowest BCUT2D eigenvalue weighted by Gasteiger charge is -2.21. The molecule has 0 aliphatic carbocycles. The molecule has 2 aromatic heterocycles. The maximum atomic E-state index is 6.15. The summed E-state index contributed by atoms with van der Waals surface area (Å²) in [4.78, 5) is 5.74. The van der Waals surface area contributed by atoms with E-state index in [0.717, 1.165) is 18.8 Å². The van der Waals surface area contributed by atoms with Gasteiger partial charge in [-0.1, -0.05) is 6.07 Å². The molecule has 0 radical (unpaired) electrons. The van der Waals surface area contributed by atoms with E-state index >= 15 is 0 Å². The molecule has 1 unspecified atom stereocenters. The molecule has 3 nitrogen and oxygen atoms in total. The van der Waals surface area contributed by atoms with Crippen molar-refractivity contribution < 1.29 is 0 Å². The van der Waals surface area contributed by atoms with Crippen LogP contribution in [0.15, 0.2) is 29.8 Å². The first kappa shape index (κ1) is 9.96. The third-order valence-corrected chi connectivity index (χ3v) is 3.87. The van der Waals surface area contributed by atoms with Crippen LogP contribution in [0.5, 0.6) is 0 Å². The molecular weight excluding hydrogens is 218 g/mol. The summed E-state index contributed by atoms with van der Waals surface area (Å²) in [6.07, 6.45) is 1.83. The Balaban J connectivity index is 2.13. The minimum absolute atomic E-state index is 0.0898. The fourth-order valence-electron chi connectivity index (χ4n) is 2.11. The van der Waals surface area contributed by atoms with Crippen molar-refractivity contribution in [3.63, 3.8) is 0 Å². The molecule has 0 saturated carbocycles. The summed E-state index contributed by atoms with van der Waals surface area (Å²) in [5.74, 6) is 0. The lowest BCUT2D eigenvalue weighted by atomic mass is 9.98. The van der Waals surface area contributed by atoms with Crippen LogP contribution in [-0.4, -0.2) is 11.5 Å². The predicted octanol–water partition coefficient (Wildman–Crippen LogP) is 1.91. The smallest absolute Gasteiger partial charge is 0.0713 e. The average Bonchev–Trinajstić information content (AvgIpc) is 2.75. The van der Waals surface area contributed by atoms with E-state index in [2.05, 4.69) is 15.7 Å². The Morgan fingerprint density at radius 3 is 3.19 bits per heavy atom. The highest BCUT2D eigenvalue weighted by atomic mass is 32.1. The lowest BCUT2D eigenvalue weighted by Crippen LogP contribution is -2.32. The fourth-order valence-corrected chi connectivity index (χ4v) is 3.20. The monoisotopic (exact) mass is 231 g/mol. The Kier molecular flexibility index (Phi) is 2.47. The zero-order valence-electron chi connectivity index (χ0n) is 8.81. The molecule has 2 aromatic rings. The summed E-state index contributed by atoms with van der Waals surface area (Å²) in [6, 6.07) is 6.08. The fraction of sp³-hybridized carbons (Fsp3) is 0.250. The Morgan fingerprint density at radius 1 is 1.44 bits per heavy atom. The zero-order chi connectivity index (χ0) is 11.0. The van der Waals surface area contributed by atoms with Crippen LogP contribution in [0.3, 0.4) is 0 Å². The van der Waals surface area contributed by atoms with Gasteiger partial charge in [0.05, 0.1) is 5.69 Å². The van der Waals surface area contributed by atoms with E-state index in [-0.39, 0.29) is 6.04 Å². The number of aromatic nitrogens is 1. The summed E-state index contributed by atoms with van der Waals surface area (Å²) in [5, 5.41) is 5.49. The van der Waals surface area contributed by atoms with Gasteiger partial charge in [0, 0.05) is 41.1 Å². The maximum Gasteiger partial charge on any atom is 0.0713 e. The van der Waals surface area contributed by atoms with E-state index < -0.39 is 0 Å². The van der Waals surface area contributed by atoms with Crippen LogP contribution in [0.25, 0.3) is 11.3 Å². The molecule has 3 rings (SSSR count). The van der Waals surface area contributed by atoms with Crippen LogP contribution in [-0.2, 0) is 6.54 Å². The van der Waals surface area contributed by atoms with Gasteiger partial charge in [-0.2, -0.15) is 0 Å². The number of hydrogen-bond donors (Lipinski definition) is 2. The minimum atomic E-state index is 0.0898. The summed E-state index contributed by atoms with van der Waals surface area (Å²) >= 11 is 1.77. The number of nitrogens with one attached hydrogen (secondary N) is 1. The van der Waals surface area contributed by atoms with Crippen molar-refractivity contribution >= 4 is 11.3 Å². The minimum Gasteiger partial charge on any atom is -0.323 e. The van der Waals surface area contributed by atoms with Crippen LogP contribution >= 0.6 is 11.3 Å². The first-order valence-electron chi connectivity index (χ1n) is 5.34. The third-order valence-electron chi connectivity index (χ3n) is 2.87. The number of rotatable bonds is 1. The first-order valence-corrected chi connectivity index (χ1v) is 6.22. The van der Waals surface area contributed by atoms with Crippen molar-refractivity contribution in [2.24, 2.45) is 5.73 Å². The third kappa shape index (κ3) is 1.55. The van der Waals surface area contributed by atoms with Gasteiger partial charge in [0.25, 0.3) is 0 Å². The van der Waals surface area contributed by atoms with E-state index in [4.69, 9.17) is 5.73 Å². The molecule has 1 aliphatic rings. The second-order valence-electron chi connectivity index (χ2n) is 3.94. The van der Waals surface area contributed by atoms with Crippen LogP contribution in [0, 0.1) is 0 Å². The number of nitrogens with two attached hydrogens (primary N) is 1. The molecule has 0 spiro atoms. The molecule has 0 bridgehead atoms. The van der Waals surface area contributed by atoms with Crippen molar-refractivity contribution in [2.45, 2.75) is 12.6 Å². The Morgan fingerprint density at radius 2 is 2.38 bits per heavy atom. The average molecular weight is 231 g/mol. The highest BCUT2D eigenvalue weighted by Gasteiger charge is 2.22. The van der Waals surface area contributed by atoms with Gasteiger partial charge in [-0.05, 0) is 17.7 Å². The van der Waals surface area contributed by atoms with E-state index in [1.54, 1.807) is 11.3 Å². The highest BCUT2D eigenvalue weighted by Crippen LogP contribution is 2.35. The largest absolute Gasteiger partial charge is 0.323 e. The molecule has 1 aliphatic heterocycles. The van der Waals surface area contributed by atoms with E-state index in [0.29, 0.717) is 0 Å². The Labute approximate surface area is 98.3 Å². The molecule has 16 heavy (non-hydrogen) atoms. The molecule has 0 saturated heterocycles. The lowest BCUT2D eigenvalue weighted by molar-refractivity contribution is 0.564. The second-order valence-corrected chi connectivity index (χ2v) is 4.90. The van der Waals surface area contributed by atoms with Crippen LogP contribution in [0.4, 0.5) is 0 Å².